The second-order valence-electron chi connectivity index (χ2n) is 4.10. The van der Waals surface area contributed by atoms with E-state index < -0.39 is 24.0 Å². The zero-order valence-electron chi connectivity index (χ0n) is 11.7. The van der Waals surface area contributed by atoms with Gasteiger partial charge in [-0.05, 0) is 18.4 Å². The number of Topliss-reactive ketones (excluding diaryl/α,β-unsaturated/α-hetero) is 1. The number of ketones is 1. The van der Waals surface area contributed by atoms with E-state index in [1.165, 1.54) is 25.3 Å². The van der Waals surface area contributed by atoms with Gasteiger partial charge in [-0.3, -0.25) is 19.7 Å². The Morgan fingerprint density at radius 1 is 1.29 bits per heavy atom. The number of carbonyl (C=O) groups is 4. The number of rotatable bonds is 6. The van der Waals surface area contributed by atoms with E-state index in [2.05, 4.69) is 5.32 Å². The zero-order valence-corrected chi connectivity index (χ0v) is 12.5. The summed E-state index contributed by atoms with van der Waals surface area (Å²) in [7, 11) is 1.36. The van der Waals surface area contributed by atoms with Crippen molar-refractivity contribution in [2.45, 2.75) is 25.9 Å². The lowest BCUT2D eigenvalue weighted by molar-refractivity contribution is -0.154. The van der Waals surface area contributed by atoms with Crippen LogP contribution in [0, 0.1) is 0 Å². The van der Waals surface area contributed by atoms with E-state index in [9.17, 15) is 19.2 Å². The van der Waals surface area contributed by atoms with Crippen LogP contribution in [-0.4, -0.2) is 36.8 Å². The van der Waals surface area contributed by atoms with Gasteiger partial charge in [0.15, 0.2) is 11.9 Å². The van der Waals surface area contributed by atoms with Gasteiger partial charge in [0.05, 0.1) is 11.3 Å². The number of imide groups is 1. The molecule has 8 heteroatoms. The highest BCUT2D eigenvalue weighted by Crippen LogP contribution is 2.12. The predicted molar refractivity (Wildman–Crippen MR) is 76.0 cm³/mol. The fraction of sp³-hybridized carbons (Fsp3) is 0.385. The number of amides is 3. The molecular formula is C13H16N2O5S. The Bertz CT molecular complexity index is 527. The Kier molecular flexibility index (Phi) is 6.54. The first kappa shape index (κ1) is 16.8. The summed E-state index contributed by atoms with van der Waals surface area (Å²) in [6.07, 6.45) is -1.20. The van der Waals surface area contributed by atoms with Crippen molar-refractivity contribution in [2.75, 3.05) is 7.05 Å². The summed E-state index contributed by atoms with van der Waals surface area (Å²) in [5.41, 5.74) is 0. The number of urea groups is 1. The minimum absolute atomic E-state index is 0.0170. The minimum atomic E-state index is -1.10. The Morgan fingerprint density at radius 2 is 2.00 bits per heavy atom. The minimum Gasteiger partial charge on any atom is -0.453 e. The lowest BCUT2D eigenvalue weighted by Crippen LogP contribution is -2.43. The van der Waals surface area contributed by atoms with Crippen molar-refractivity contribution in [3.05, 3.63) is 22.4 Å². The molecule has 0 aliphatic carbocycles. The molecule has 1 aromatic heterocycles. The molecule has 7 nitrogen and oxygen atoms in total. The second kappa shape index (κ2) is 8.15. The van der Waals surface area contributed by atoms with Crippen LogP contribution in [0.2, 0.25) is 0 Å². The molecule has 1 unspecified atom stereocenters. The van der Waals surface area contributed by atoms with Crippen LogP contribution in [0.1, 0.15) is 29.4 Å². The molecular weight excluding hydrogens is 296 g/mol. The number of ether oxygens (including phenoxy) is 1. The summed E-state index contributed by atoms with van der Waals surface area (Å²) >= 11 is 1.30. The van der Waals surface area contributed by atoms with Crippen LogP contribution >= 0.6 is 11.3 Å². The van der Waals surface area contributed by atoms with Crippen LogP contribution in [0.5, 0.6) is 0 Å². The Balaban J connectivity index is 2.34. The van der Waals surface area contributed by atoms with E-state index >= 15 is 0 Å². The molecule has 0 saturated carbocycles. The average molecular weight is 312 g/mol. The molecule has 0 aromatic carbocycles. The molecule has 21 heavy (non-hydrogen) atoms. The highest BCUT2D eigenvalue weighted by molar-refractivity contribution is 7.12. The summed E-state index contributed by atoms with van der Waals surface area (Å²) in [6.45, 7) is 1.34. The summed E-state index contributed by atoms with van der Waals surface area (Å²) < 4.78 is 4.85. The van der Waals surface area contributed by atoms with Crippen molar-refractivity contribution in [3.8, 4) is 0 Å². The van der Waals surface area contributed by atoms with Crippen LogP contribution in [0.25, 0.3) is 0 Å². The Morgan fingerprint density at radius 3 is 2.57 bits per heavy atom. The lowest BCUT2D eigenvalue weighted by Gasteiger charge is -2.12. The first-order valence-electron chi connectivity index (χ1n) is 6.22. The van der Waals surface area contributed by atoms with Crippen molar-refractivity contribution < 1.29 is 23.9 Å². The molecule has 1 rings (SSSR count). The molecule has 114 valence electrons. The summed E-state index contributed by atoms with van der Waals surface area (Å²) in [5, 5.41) is 5.97. The molecule has 0 aliphatic heterocycles. The topological polar surface area (TPSA) is 102 Å². The number of thiophene rings is 1. The second-order valence-corrected chi connectivity index (χ2v) is 5.05. The van der Waals surface area contributed by atoms with Gasteiger partial charge in [0, 0.05) is 13.5 Å². The third-order valence-corrected chi connectivity index (χ3v) is 3.40. The molecule has 0 fully saturated rings. The average Bonchev–Trinajstić information content (AvgIpc) is 2.98. The quantitative estimate of drug-likeness (QED) is 0.605. The normalized spacial score (nSPS) is 11.3. The molecule has 1 atom stereocenters. The van der Waals surface area contributed by atoms with Gasteiger partial charge in [-0.2, -0.15) is 0 Å². The van der Waals surface area contributed by atoms with E-state index in [0.29, 0.717) is 4.88 Å². The smallest absolute Gasteiger partial charge is 0.321 e. The molecule has 0 spiro atoms. The SMILES string of the molecule is CNC(=O)NC(=O)C(C)OC(=O)CCC(=O)c1cccs1. The molecule has 0 aliphatic rings. The van der Waals surface area contributed by atoms with E-state index in [1.807, 2.05) is 5.32 Å². The maximum Gasteiger partial charge on any atom is 0.321 e. The van der Waals surface area contributed by atoms with Gasteiger partial charge in [0.25, 0.3) is 5.91 Å². The van der Waals surface area contributed by atoms with Gasteiger partial charge in [-0.1, -0.05) is 6.07 Å². The monoisotopic (exact) mass is 312 g/mol. The van der Waals surface area contributed by atoms with Crippen LogP contribution in [0.3, 0.4) is 0 Å². The van der Waals surface area contributed by atoms with Crippen molar-refractivity contribution in [1.82, 2.24) is 10.6 Å². The van der Waals surface area contributed by atoms with E-state index in [1.54, 1.807) is 17.5 Å². The third-order valence-electron chi connectivity index (χ3n) is 2.49. The summed E-state index contributed by atoms with van der Waals surface area (Å²) in [6, 6.07) is 2.75. The van der Waals surface area contributed by atoms with Crippen LogP contribution in [-0.2, 0) is 14.3 Å². The highest BCUT2D eigenvalue weighted by atomic mass is 32.1. The molecule has 0 radical (unpaired) electrons. The van der Waals surface area contributed by atoms with E-state index in [0.717, 1.165) is 0 Å². The number of hydrogen-bond donors (Lipinski definition) is 2. The van der Waals surface area contributed by atoms with Crippen LogP contribution in [0.15, 0.2) is 17.5 Å². The van der Waals surface area contributed by atoms with Crippen molar-refractivity contribution in [2.24, 2.45) is 0 Å². The third kappa shape index (κ3) is 5.74. The van der Waals surface area contributed by atoms with Gasteiger partial charge in [0.1, 0.15) is 0 Å². The maximum absolute atomic E-state index is 11.7. The standard InChI is InChI=1S/C13H16N2O5S/c1-8(12(18)15-13(19)14-2)20-11(17)6-5-9(16)10-4-3-7-21-10/h3-4,7-8H,5-6H2,1-2H3,(H2,14,15,18,19). The van der Waals surface area contributed by atoms with Gasteiger partial charge in [0.2, 0.25) is 0 Å². The van der Waals surface area contributed by atoms with Gasteiger partial charge in [-0.15, -0.1) is 11.3 Å². The van der Waals surface area contributed by atoms with Gasteiger partial charge < -0.3 is 10.1 Å². The highest BCUT2D eigenvalue weighted by Gasteiger charge is 2.20. The molecule has 2 N–H and O–H groups in total. The van der Waals surface area contributed by atoms with Crippen molar-refractivity contribution in [1.29, 1.82) is 0 Å². The largest absolute Gasteiger partial charge is 0.453 e. The lowest BCUT2D eigenvalue weighted by atomic mass is 10.2. The number of hydrogen-bond acceptors (Lipinski definition) is 6. The Labute approximate surface area is 125 Å². The number of esters is 1. The fourth-order valence-corrected chi connectivity index (χ4v) is 2.06. The number of nitrogens with one attached hydrogen (secondary N) is 2. The van der Waals surface area contributed by atoms with E-state index in [-0.39, 0.29) is 18.6 Å². The van der Waals surface area contributed by atoms with Gasteiger partial charge in [-0.25, -0.2) is 4.79 Å². The van der Waals surface area contributed by atoms with Crippen molar-refractivity contribution >= 4 is 35.0 Å². The molecule has 0 saturated heterocycles. The van der Waals surface area contributed by atoms with Crippen LogP contribution in [0.4, 0.5) is 4.79 Å². The van der Waals surface area contributed by atoms with Crippen molar-refractivity contribution in [3.63, 3.8) is 0 Å². The summed E-state index contributed by atoms with van der Waals surface area (Å²) in [4.78, 5) is 46.2. The molecule has 1 aromatic rings. The molecule has 3 amide bonds. The predicted octanol–water partition coefficient (Wildman–Crippen LogP) is 1.10. The zero-order chi connectivity index (χ0) is 15.8. The van der Waals surface area contributed by atoms with Gasteiger partial charge >= 0.3 is 12.0 Å². The molecule has 1 heterocycles. The maximum atomic E-state index is 11.7. The molecule has 0 bridgehead atoms. The van der Waals surface area contributed by atoms with Crippen LogP contribution < -0.4 is 10.6 Å². The van der Waals surface area contributed by atoms with E-state index in [4.69, 9.17) is 4.74 Å². The first-order valence-corrected chi connectivity index (χ1v) is 7.10. The first-order chi connectivity index (χ1) is 9.93. The number of carbonyl (C=O) groups excluding carboxylic acids is 4. The summed E-state index contributed by atoms with van der Waals surface area (Å²) in [5.74, 6) is -1.55. The fourth-order valence-electron chi connectivity index (χ4n) is 1.36. The Hall–Kier alpha value is -2.22.